The molecule has 0 saturated carbocycles. The van der Waals surface area contributed by atoms with Crippen molar-refractivity contribution in [3.63, 3.8) is 0 Å². The maximum atomic E-state index is 6.01. The van der Waals surface area contributed by atoms with Crippen molar-refractivity contribution in [2.24, 2.45) is 0 Å². The van der Waals surface area contributed by atoms with Crippen molar-refractivity contribution in [2.45, 2.75) is 13.2 Å². The third-order valence-corrected chi connectivity index (χ3v) is 4.25. The summed E-state index contributed by atoms with van der Waals surface area (Å²) in [6, 6.07) is 12.2. The quantitative estimate of drug-likeness (QED) is 0.729. The van der Waals surface area contributed by atoms with Crippen LogP contribution in [0.4, 0.5) is 0 Å². The number of hydrogen-bond donors (Lipinski definition) is 0. The predicted octanol–water partition coefficient (Wildman–Crippen LogP) is 4.33. The van der Waals surface area contributed by atoms with Gasteiger partial charge in [0.05, 0.1) is 9.27 Å². The Morgan fingerprint density at radius 2 is 1.95 bits per heavy atom. The van der Waals surface area contributed by atoms with E-state index in [0.717, 1.165) is 26.2 Å². The van der Waals surface area contributed by atoms with Gasteiger partial charge in [-0.15, -0.1) is 0 Å². The van der Waals surface area contributed by atoms with E-state index in [-0.39, 0.29) is 0 Å². The Bertz CT molecular complexity index is 664. The van der Waals surface area contributed by atoms with Crippen molar-refractivity contribution in [3.05, 3.63) is 65.0 Å². The second-order valence-electron chi connectivity index (χ2n) is 4.64. The number of benzene rings is 1. The second kappa shape index (κ2) is 5.54. The highest BCUT2D eigenvalue weighted by Crippen LogP contribution is 2.42. The van der Waals surface area contributed by atoms with Gasteiger partial charge in [0, 0.05) is 24.4 Å². The SMILES string of the molecule is COC1OC(c2ccc(C)cc2)=C(I)c2ncccc21. The van der Waals surface area contributed by atoms with E-state index in [1.807, 2.05) is 12.1 Å². The number of methoxy groups -OCH3 is 1. The van der Waals surface area contributed by atoms with Crippen LogP contribution in [-0.2, 0) is 9.47 Å². The largest absolute Gasteiger partial charge is 0.459 e. The van der Waals surface area contributed by atoms with Crippen molar-refractivity contribution < 1.29 is 9.47 Å². The Morgan fingerprint density at radius 3 is 2.65 bits per heavy atom. The van der Waals surface area contributed by atoms with Crippen LogP contribution in [0, 0.1) is 6.92 Å². The van der Waals surface area contributed by atoms with Crippen LogP contribution in [0.25, 0.3) is 9.34 Å². The predicted molar refractivity (Wildman–Crippen MR) is 87.1 cm³/mol. The molecule has 0 radical (unpaired) electrons. The molecule has 3 nitrogen and oxygen atoms in total. The number of pyridine rings is 1. The maximum Gasteiger partial charge on any atom is 0.228 e. The molecule has 2 aromatic rings. The third kappa shape index (κ3) is 2.33. The second-order valence-corrected chi connectivity index (χ2v) is 5.71. The Kier molecular flexibility index (Phi) is 3.76. The van der Waals surface area contributed by atoms with E-state index < -0.39 is 6.29 Å². The molecule has 1 atom stereocenters. The average Bonchev–Trinajstić information content (AvgIpc) is 2.49. The lowest BCUT2D eigenvalue weighted by Gasteiger charge is -2.27. The highest BCUT2D eigenvalue weighted by atomic mass is 127. The van der Waals surface area contributed by atoms with Gasteiger partial charge in [-0.25, -0.2) is 0 Å². The minimum absolute atomic E-state index is 0.409. The van der Waals surface area contributed by atoms with Gasteiger partial charge in [-0.05, 0) is 41.6 Å². The van der Waals surface area contributed by atoms with Crippen LogP contribution in [0.3, 0.4) is 0 Å². The first kappa shape index (κ1) is 13.6. The molecule has 1 unspecified atom stereocenters. The first-order chi connectivity index (χ1) is 9.70. The minimum Gasteiger partial charge on any atom is -0.459 e. The monoisotopic (exact) mass is 379 g/mol. The van der Waals surface area contributed by atoms with Gasteiger partial charge in [0.15, 0.2) is 0 Å². The molecule has 1 aliphatic rings. The molecule has 0 spiro atoms. The molecule has 0 saturated heterocycles. The van der Waals surface area contributed by atoms with E-state index in [0.29, 0.717) is 0 Å². The lowest BCUT2D eigenvalue weighted by molar-refractivity contribution is -0.0769. The summed E-state index contributed by atoms with van der Waals surface area (Å²) in [6.45, 7) is 2.07. The fourth-order valence-electron chi connectivity index (χ4n) is 2.20. The summed E-state index contributed by atoms with van der Waals surface area (Å²) in [5.74, 6) is 0.823. The van der Waals surface area contributed by atoms with E-state index >= 15 is 0 Å². The molecular formula is C16H14INO2. The number of ether oxygens (including phenoxy) is 2. The Morgan fingerprint density at radius 1 is 1.20 bits per heavy atom. The zero-order valence-corrected chi connectivity index (χ0v) is 13.4. The molecule has 1 aromatic heterocycles. The van der Waals surface area contributed by atoms with E-state index in [1.54, 1.807) is 13.3 Å². The first-order valence-corrected chi connectivity index (χ1v) is 7.40. The molecule has 3 rings (SSSR count). The highest BCUT2D eigenvalue weighted by molar-refractivity contribution is 14.1. The zero-order chi connectivity index (χ0) is 14.1. The summed E-state index contributed by atoms with van der Waals surface area (Å²) < 4.78 is 12.5. The maximum absolute atomic E-state index is 6.01. The van der Waals surface area contributed by atoms with Gasteiger partial charge in [0.25, 0.3) is 0 Å². The number of aryl methyl sites for hydroxylation is 1. The summed E-state index contributed by atoms with van der Waals surface area (Å²) in [5, 5.41) is 0. The molecule has 0 bridgehead atoms. The van der Waals surface area contributed by atoms with Crippen LogP contribution in [-0.4, -0.2) is 12.1 Å². The van der Waals surface area contributed by atoms with Crippen LogP contribution in [0.15, 0.2) is 42.6 Å². The number of rotatable bonds is 2. The normalized spacial score (nSPS) is 17.6. The standard InChI is InChI=1S/C16H14INO2/c1-10-5-7-11(8-6-10)15-13(17)14-12(4-3-9-18-14)16(19-2)20-15/h3-9,16H,1-2H3. The summed E-state index contributed by atoms with van der Waals surface area (Å²) in [6.07, 6.45) is 1.39. The fraction of sp³-hybridized carbons (Fsp3) is 0.188. The summed E-state index contributed by atoms with van der Waals surface area (Å²) >= 11 is 2.29. The molecular weight excluding hydrogens is 365 g/mol. The van der Waals surface area contributed by atoms with Gasteiger partial charge in [-0.3, -0.25) is 4.98 Å². The van der Waals surface area contributed by atoms with Crippen molar-refractivity contribution in [2.75, 3.05) is 7.11 Å². The lowest BCUT2D eigenvalue weighted by atomic mass is 10.1. The molecule has 1 aromatic carbocycles. The molecule has 2 heterocycles. The topological polar surface area (TPSA) is 31.4 Å². The number of halogens is 1. The number of hydrogen-bond acceptors (Lipinski definition) is 3. The van der Waals surface area contributed by atoms with Crippen LogP contribution < -0.4 is 0 Å². The van der Waals surface area contributed by atoms with Crippen molar-refractivity contribution >= 4 is 31.9 Å². The van der Waals surface area contributed by atoms with Crippen molar-refractivity contribution in [1.82, 2.24) is 4.98 Å². The fourth-order valence-corrected chi connectivity index (χ4v) is 3.09. The average molecular weight is 379 g/mol. The van der Waals surface area contributed by atoms with Crippen LogP contribution in [0.1, 0.15) is 28.7 Å². The van der Waals surface area contributed by atoms with Crippen LogP contribution >= 0.6 is 22.6 Å². The van der Waals surface area contributed by atoms with Gasteiger partial charge in [0.1, 0.15) is 5.76 Å². The summed E-state index contributed by atoms with van der Waals surface area (Å²) in [4.78, 5) is 4.47. The van der Waals surface area contributed by atoms with Gasteiger partial charge in [0.2, 0.25) is 6.29 Å². The highest BCUT2D eigenvalue weighted by Gasteiger charge is 2.28. The van der Waals surface area contributed by atoms with Gasteiger partial charge in [-0.2, -0.15) is 0 Å². The lowest BCUT2D eigenvalue weighted by Crippen LogP contribution is -2.14. The molecule has 4 heteroatoms. The van der Waals surface area contributed by atoms with Crippen LogP contribution in [0.2, 0.25) is 0 Å². The molecule has 0 amide bonds. The van der Waals surface area contributed by atoms with E-state index in [1.165, 1.54) is 5.56 Å². The number of nitrogens with zero attached hydrogens (tertiary/aromatic N) is 1. The van der Waals surface area contributed by atoms with E-state index in [9.17, 15) is 0 Å². The molecule has 20 heavy (non-hydrogen) atoms. The van der Waals surface area contributed by atoms with E-state index in [2.05, 4.69) is 58.8 Å². The Hall–Kier alpha value is -1.40. The molecule has 0 aliphatic carbocycles. The smallest absolute Gasteiger partial charge is 0.228 e. The number of aromatic nitrogens is 1. The molecule has 102 valence electrons. The van der Waals surface area contributed by atoms with Crippen molar-refractivity contribution in [1.29, 1.82) is 0 Å². The molecule has 0 fully saturated rings. The van der Waals surface area contributed by atoms with E-state index in [4.69, 9.17) is 9.47 Å². The Labute approximate surface area is 131 Å². The van der Waals surface area contributed by atoms with Gasteiger partial charge < -0.3 is 9.47 Å². The van der Waals surface area contributed by atoms with Gasteiger partial charge in [-0.1, -0.05) is 29.8 Å². The minimum atomic E-state index is -0.409. The molecule has 1 aliphatic heterocycles. The van der Waals surface area contributed by atoms with Crippen LogP contribution in [0.5, 0.6) is 0 Å². The Balaban J connectivity index is 2.14. The third-order valence-electron chi connectivity index (χ3n) is 3.25. The number of fused-ring (bicyclic) bond motifs is 1. The van der Waals surface area contributed by atoms with Gasteiger partial charge >= 0.3 is 0 Å². The zero-order valence-electron chi connectivity index (χ0n) is 11.3. The first-order valence-electron chi connectivity index (χ1n) is 6.32. The van der Waals surface area contributed by atoms with Crippen molar-refractivity contribution in [3.8, 4) is 0 Å². The summed E-state index contributed by atoms with van der Waals surface area (Å²) in [5.41, 5.74) is 4.16. The molecule has 0 N–H and O–H groups in total. The summed E-state index contributed by atoms with van der Waals surface area (Å²) in [7, 11) is 1.65.